The summed E-state index contributed by atoms with van der Waals surface area (Å²) in [6, 6.07) is 6.67. The third-order valence-corrected chi connectivity index (χ3v) is 7.00. The van der Waals surface area contributed by atoms with Gasteiger partial charge in [-0.3, -0.25) is 4.90 Å². The van der Waals surface area contributed by atoms with E-state index in [1.165, 1.54) is 25.1 Å². The number of imidazole rings is 1. The van der Waals surface area contributed by atoms with Crippen molar-refractivity contribution in [3.8, 4) is 28.7 Å². The van der Waals surface area contributed by atoms with Crippen molar-refractivity contribution in [1.29, 1.82) is 0 Å². The molecule has 0 spiro atoms. The van der Waals surface area contributed by atoms with Gasteiger partial charge in [-0.15, -0.1) is 0 Å². The maximum absolute atomic E-state index is 13.3. The largest absolute Gasteiger partial charge is 0.480 e. The van der Waals surface area contributed by atoms with E-state index in [1.807, 2.05) is 0 Å². The molecule has 2 aliphatic rings. The summed E-state index contributed by atoms with van der Waals surface area (Å²) in [6.07, 6.45) is 1.64. The fourth-order valence-corrected chi connectivity index (χ4v) is 4.85. The van der Waals surface area contributed by atoms with Gasteiger partial charge in [0.15, 0.2) is 11.5 Å². The van der Waals surface area contributed by atoms with Crippen molar-refractivity contribution < 1.29 is 22.7 Å². The Morgan fingerprint density at radius 3 is 2.45 bits per heavy atom. The average Bonchev–Trinajstić information content (AvgIpc) is 3.71. The molecular weight excluding hydrogens is 525 g/mol. The normalized spacial score (nSPS) is 15.4. The number of rotatable bonds is 6. The number of hydrogen-bond acceptors (Lipinski definition) is 7. The van der Waals surface area contributed by atoms with Gasteiger partial charge in [0.25, 0.3) is 0 Å². The molecule has 0 radical (unpaired) electrons. The van der Waals surface area contributed by atoms with E-state index in [1.54, 1.807) is 47.3 Å². The molecule has 1 aromatic carbocycles. The third kappa shape index (κ3) is 4.61. The Bertz CT molecular complexity index is 1600. The van der Waals surface area contributed by atoms with E-state index in [9.17, 15) is 18.0 Å². The summed E-state index contributed by atoms with van der Waals surface area (Å²) < 4.78 is 46.2. The highest BCUT2D eigenvalue weighted by Crippen LogP contribution is 2.45. The molecule has 1 fully saturated rings. The van der Waals surface area contributed by atoms with Gasteiger partial charge in [0.05, 0.1) is 25.9 Å². The quantitative estimate of drug-likeness (QED) is 0.340. The number of benzene rings is 1. The lowest BCUT2D eigenvalue weighted by Crippen LogP contribution is -2.45. The zero-order valence-corrected chi connectivity index (χ0v) is 22.0. The highest BCUT2D eigenvalue weighted by atomic mass is 19.4. The highest BCUT2D eigenvalue weighted by Gasteiger charge is 2.35. The maximum Gasteiger partial charge on any atom is 0.434 e. The van der Waals surface area contributed by atoms with E-state index in [-0.39, 0.29) is 18.4 Å². The zero-order valence-electron chi connectivity index (χ0n) is 22.0. The van der Waals surface area contributed by atoms with Crippen LogP contribution in [0.1, 0.15) is 41.3 Å². The first kappa shape index (κ1) is 25.7. The first-order valence-corrected chi connectivity index (χ1v) is 12.6. The van der Waals surface area contributed by atoms with Crippen LogP contribution in [0, 0.1) is 0 Å². The molecule has 4 heterocycles. The van der Waals surface area contributed by atoms with Gasteiger partial charge in [-0.1, -0.05) is 24.3 Å². The number of hydrogen-bond donors (Lipinski definition) is 0. The number of aryl methyl sites for hydroxylation is 1. The van der Waals surface area contributed by atoms with Crippen LogP contribution in [0.25, 0.3) is 22.8 Å². The van der Waals surface area contributed by atoms with E-state index in [2.05, 4.69) is 19.9 Å². The van der Waals surface area contributed by atoms with Crippen LogP contribution in [0.3, 0.4) is 0 Å². The molecule has 0 N–H and O–H groups in total. The zero-order chi connectivity index (χ0) is 28.2. The molecule has 1 saturated carbocycles. The number of halogens is 3. The molecule has 3 aromatic heterocycles. The Morgan fingerprint density at radius 2 is 1.80 bits per heavy atom. The fraction of sp³-hybridized carbons (Fsp3) is 0.333. The predicted molar refractivity (Wildman–Crippen MR) is 138 cm³/mol. The Hall–Kier alpha value is -4.55. The minimum absolute atomic E-state index is 0.194. The highest BCUT2D eigenvalue weighted by molar-refractivity contribution is 5.93. The van der Waals surface area contributed by atoms with Gasteiger partial charge in [0, 0.05) is 43.5 Å². The van der Waals surface area contributed by atoms with Crippen molar-refractivity contribution in [3.63, 3.8) is 0 Å². The Morgan fingerprint density at radius 1 is 1.05 bits per heavy atom. The number of ether oxygens (including phenoxy) is 1. The van der Waals surface area contributed by atoms with E-state index in [4.69, 9.17) is 9.72 Å². The predicted octanol–water partition coefficient (Wildman–Crippen LogP) is 4.81. The number of urea groups is 1. The maximum atomic E-state index is 13.3. The third-order valence-electron chi connectivity index (χ3n) is 7.00. The van der Waals surface area contributed by atoms with Crippen molar-refractivity contribution in [3.05, 3.63) is 65.5 Å². The number of carbonyl (C=O) groups is 1. The van der Waals surface area contributed by atoms with Crippen LogP contribution in [-0.2, 0) is 26.3 Å². The molecule has 4 aromatic rings. The Kier molecular flexibility index (Phi) is 6.15. The Balaban J connectivity index is 1.33. The molecular formula is C27H25F3N8O2. The molecule has 0 saturated heterocycles. The molecule has 206 valence electrons. The Labute approximate surface area is 227 Å². The molecule has 0 atom stereocenters. The molecule has 10 nitrogen and oxygen atoms in total. The van der Waals surface area contributed by atoms with Gasteiger partial charge in [-0.05, 0) is 18.4 Å². The number of nitrogens with zero attached hydrogens (tertiary/aromatic N) is 8. The van der Waals surface area contributed by atoms with Crippen molar-refractivity contribution in [2.75, 3.05) is 19.1 Å². The summed E-state index contributed by atoms with van der Waals surface area (Å²) in [6.45, 7) is 0.543. The molecule has 2 amide bonds. The lowest BCUT2D eigenvalue weighted by Gasteiger charge is -2.34. The summed E-state index contributed by atoms with van der Waals surface area (Å²) in [5, 5.41) is 0. The number of carbonyl (C=O) groups excluding carboxylic acids is 1. The first-order chi connectivity index (χ1) is 19.1. The summed E-state index contributed by atoms with van der Waals surface area (Å²) >= 11 is 0. The number of alkyl halides is 3. The molecule has 0 bridgehead atoms. The summed E-state index contributed by atoms with van der Waals surface area (Å²) in [5.41, 5.74) is 2.57. The summed E-state index contributed by atoms with van der Waals surface area (Å²) in [5.74, 6) is 1.72. The van der Waals surface area contributed by atoms with Crippen LogP contribution in [0.2, 0.25) is 0 Å². The van der Waals surface area contributed by atoms with Crippen LogP contribution >= 0.6 is 0 Å². The second-order valence-electron chi connectivity index (χ2n) is 9.94. The number of fused-ring (bicyclic) bond motifs is 1. The second kappa shape index (κ2) is 9.57. The summed E-state index contributed by atoms with van der Waals surface area (Å²) in [4.78, 5) is 38.3. The summed E-state index contributed by atoms with van der Waals surface area (Å²) in [7, 11) is 4.75. The van der Waals surface area contributed by atoms with Crippen molar-refractivity contribution in [1.82, 2.24) is 34.4 Å². The van der Waals surface area contributed by atoms with E-state index < -0.39 is 11.9 Å². The van der Waals surface area contributed by atoms with Crippen molar-refractivity contribution >= 4 is 11.8 Å². The number of aromatic nitrogens is 6. The second-order valence-corrected chi connectivity index (χ2v) is 9.94. The molecule has 6 rings (SSSR count). The van der Waals surface area contributed by atoms with Crippen LogP contribution in [-0.4, -0.2) is 54.6 Å². The van der Waals surface area contributed by atoms with E-state index in [0.29, 0.717) is 41.1 Å². The minimum atomic E-state index is -4.53. The van der Waals surface area contributed by atoms with E-state index in [0.717, 1.165) is 35.9 Å². The van der Waals surface area contributed by atoms with Crippen molar-refractivity contribution in [2.45, 2.75) is 38.0 Å². The topological polar surface area (TPSA) is 102 Å². The lowest BCUT2D eigenvalue weighted by molar-refractivity contribution is -0.140. The van der Waals surface area contributed by atoms with Crippen molar-refractivity contribution in [2.24, 2.45) is 7.05 Å². The van der Waals surface area contributed by atoms with Gasteiger partial charge in [0.2, 0.25) is 5.88 Å². The molecule has 1 aliphatic carbocycles. The fourth-order valence-electron chi connectivity index (χ4n) is 4.85. The number of anilines is 1. The minimum Gasteiger partial charge on any atom is -0.480 e. The monoisotopic (exact) mass is 550 g/mol. The van der Waals surface area contributed by atoms with Crippen LogP contribution in [0.4, 0.5) is 23.8 Å². The molecule has 13 heteroatoms. The van der Waals surface area contributed by atoms with Crippen LogP contribution in [0.15, 0.2) is 43.0 Å². The lowest BCUT2D eigenvalue weighted by atomic mass is 10.1. The first-order valence-electron chi connectivity index (χ1n) is 12.6. The van der Waals surface area contributed by atoms with Gasteiger partial charge < -0.3 is 14.2 Å². The van der Waals surface area contributed by atoms with Gasteiger partial charge >= 0.3 is 12.2 Å². The van der Waals surface area contributed by atoms with Gasteiger partial charge in [0.1, 0.15) is 23.5 Å². The number of amides is 2. The van der Waals surface area contributed by atoms with Gasteiger partial charge in [-0.2, -0.15) is 13.2 Å². The van der Waals surface area contributed by atoms with Gasteiger partial charge in [-0.25, -0.2) is 29.7 Å². The van der Waals surface area contributed by atoms with Crippen LogP contribution < -0.4 is 9.64 Å². The van der Waals surface area contributed by atoms with E-state index >= 15 is 0 Å². The molecule has 1 aliphatic heterocycles. The number of methoxy groups -OCH3 is 1. The molecule has 40 heavy (non-hydrogen) atoms. The SMILES string of the molecule is COc1ncnc(C2CC2)c1-c1ncc2c(n1)N(Cc1ccc(-c3nc(C(F)(F)F)cn3C)cc1)C(=O)N(C)C2. The average molecular weight is 551 g/mol. The smallest absolute Gasteiger partial charge is 0.434 e. The standard InChI is InChI=1S/C27H25F3N8O2/c1-36-13-19(27(28,29)30)34-23(36)17-6-4-15(5-7-17)11-38-24-18(12-37(2)26(38)39)10-31-22(35-24)20-21(16-8-9-16)32-14-33-25(20)40-3/h4-7,10,13-14,16H,8-9,11-12H2,1-3H3. The van der Waals surface area contributed by atoms with Crippen LogP contribution in [0.5, 0.6) is 5.88 Å². The molecule has 0 unspecified atom stereocenters.